The summed E-state index contributed by atoms with van der Waals surface area (Å²) in [5.74, 6) is -0.0841. The van der Waals surface area contributed by atoms with Crippen molar-refractivity contribution in [2.45, 2.75) is 38.4 Å². The SMILES string of the molecule is O=C(NCc1csc(-c2cccs2)n1)C1CCCN1C(=O)CCn1ccnc1. The summed E-state index contributed by atoms with van der Waals surface area (Å²) in [6.07, 6.45) is 7.16. The van der Waals surface area contributed by atoms with Crippen LogP contribution in [0.4, 0.5) is 0 Å². The van der Waals surface area contributed by atoms with E-state index >= 15 is 0 Å². The molecule has 0 spiro atoms. The number of carbonyl (C=O) groups is 2. The van der Waals surface area contributed by atoms with Crippen molar-refractivity contribution in [2.24, 2.45) is 0 Å². The van der Waals surface area contributed by atoms with Gasteiger partial charge in [-0.2, -0.15) is 0 Å². The summed E-state index contributed by atoms with van der Waals surface area (Å²) in [5.41, 5.74) is 0.845. The van der Waals surface area contributed by atoms with Crippen LogP contribution in [-0.4, -0.2) is 43.8 Å². The third-order valence-corrected chi connectivity index (χ3v) is 6.68. The molecule has 2 amide bonds. The molecule has 0 aromatic carbocycles. The topological polar surface area (TPSA) is 80.1 Å². The van der Waals surface area contributed by atoms with Crippen LogP contribution >= 0.6 is 22.7 Å². The fourth-order valence-corrected chi connectivity index (χ4v) is 4.96. The number of thiophene rings is 1. The van der Waals surface area contributed by atoms with Crippen molar-refractivity contribution in [1.82, 2.24) is 24.8 Å². The quantitative estimate of drug-likeness (QED) is 0.643. The van der Waals surface area contributed by atoms with Gasteiger partial charge in [-0.3, -0.25) is 9.59 Å². The lowest BCUT2D eigenvalue weighted by atomic mass is 10.2. The van der Waals surface area contributed by atoms with Crippen molar-refractivity contribution in [3.8, 4) is 9.88 Å². The van der Waals surface area contributed by atoms with E-state index in [1.54, 1.807) is 40.1 Å². The smallest absolute Gasteiger partial charge is 0.243 e. The van der Waals surface area contributed by atoms with Crippen LogP contribution in [0, 0.1) is 0 Å². The number of carbonyl (C=O) groups excluding carboxylic acids is 2. The van der Waals surface area contributed by atoms with Gasteiger partial charge in [0.25, 0.3) is 0 Å². The molecular formula is C19H21N5O2S2. The Hall–Kier alpha value is -2.52. The highest BCUT2D eigenvalue weighted by atomic mass is 32.1. The number of thiazole rings is 1. The first-order valence-corrected chi connectivity index (χ1v) is 11.0. The van der Waals surface area contributed by atoms with E-state index in [1.807, 2.05) is 33.7 Å². The average molecular weight is 416 g/mol. The fraction of sp³-hybridized carbons (Fsp3) is 0.368. The molecule has 4 heterocycles. The molecule has 28 heavy (non-hydrogen) atoms. The Morgan fingerprint density at radius 3 is 3.04 bits per heavy atom. The maximum Gasteiger partial charge on any atom is 0.243 e. The van der Waals surface area contributed by atoms with E-state index in [4.69, 9.17) is 0 Å². The second-order valence-corrected chi connectivity index (χ2v) is 8.44. The minimum absolute atomic E-state index is 0.0139. The van der Waals surface area contributed by atoms with E-state index in [2.05, 4.69) is 15.3 Å². The normalized spacial score (nSPS) is 16.4. The lowest BCUT2D eigenvalue weighted by Gasteiger charge is -2.24. The summed E-state index contributed by atoms with van der Waals surface area (Å²) in [7, 11) is 0. The molecular weight excluding hydrogens is 394 g/mol. The monoisotopic (exact) mass is 415 g/mol. The Morgan fingerprint density at radius 1 is 1.32 bits per heavy atom. The van der Waals surface area contributed by atoms with Crippen LogP contribution in [-0.2, 0) is 22.7 Å². The zero-order chi connectivity index (χ0) is 19.3. The molecule has 0 bridgehead atoms. The number of rotatable bonds is 7. The Balaban J connectivity index is 1.30. The molecule has 1 fully saturated rings. The second-order valence-electron chi connectivity index (χ2n) is 6.63. The molecule has 9 heteroatoms. The highest BCUT2D eigenvalue weighted by molar-refractivity contribution is 7.20. The maximum absolute atomic E-state index is 12.7. The molecule has 1 aliphatic rings. The molecule has 0 aliphatic carbocycles. The van der Waals surface area contributed by atoms with E-state index < -0.39 is 0 Å². The van der Waals surface area contributed by atoms with E-state index in [9.17, 15) is 9.59 Å². The number of amides is 2. The highest BCUT2D eigenvalue weighted by Gasteiger charge is 2.33. The summed E-state index contributed by atoms with van der Waals surface area (Å²) in [6.45, 7) is 1.60. The van der Waals surface area contributed by atoms with Crippen molar-refractivity contribution in [3.63, 3.8) is 0 Å². The summed E-state index contributed by atoms with van der Waals surface area (Å²) >= 11 is 3.23. The van der Waals surface area contributed by atoms with Crippen molar-refractivity contribution in [1.29, 1.82) is 0 Å². The van der Waals surface area contributed by atoms with Crippen molar-refractivity contribution in [2.75, 3.05) is 6.54 Å². The maximum atomic E-state index is 12.7. The summed E-state index contributed by atoms with van der Waals surface area (Å²) in [4.78, 5) is 36.6. The summed E-state index contributed by atoms with van der Waals surface area (Å²) in [6, 6.07) is 3.66. The standard InChI is InChI=1S/C19H21N5O2S2/c25-17(5-8-23-9-6-20-13-23)24-7-1-3-15(24)18(26)21-11-14-12-28-19(22-14)16-4-2-10-27-16/h2,4,6,9-10,12-13,15H,1,3,5,7-8,11H2,(H,21,26). The number of hydrogen-bond donors (Lipinski definition) is 1. The van der Waals surface area contributed by atoms with Gasteiger partial charge in [0.05, 0.1) is 23.4 Å². The third-order valence-electron chi connectivity index (χ3n) is 4.75. The van der Waals surface area contributed by atoms with Crippen LogP contribution in [0.25, 0.3) is 9.88 Å². The summed E-state index contributed by atoms with van der Waals surface area (Å²) < 4.78 is 1.87. The van der Waals surface area contributed by atoms with E-state index in [0.29, 0.717) is 32.5 Å². The lowest BCUT2D eigenvalue weighted by Crippen LogP contribution is -2.45. The number of nitrogens with one attached hydrogen (secondary N) is 1. The first-order chi connectivity index (χ1) is 13.7. The van der Waals surface area contributed by atoms with Crippen molar-refractivity contribution >= 4 is 34.5 Å². The second kappa shape index (κ2) is 8.66. The predicted molar refractivity (Wildman–Crippen MR) is 109 cm³/mol. The van der Waals surface area contributed by atoms with Gasteiger partial charge < -0.3 is 14.8 Å². The van der Waals surface area contributed by atoms with Gasteiger partial charge >= 0.3 is 0 Å². The molecule has 3 aromatic heterocycles. The number of nitrogens with zero attached hydrogens (tertiary/aromatic N) is 4. The van der Waals surface area contributed by atoms with Gasteiger partial charge in [0.1, 0.15) is 11.0 Å². The number of aromatic nitrogens is 3. The molecule has 1 unspecified atom stereocenters. The number of hydrogen-bond acceptors (Lipinski definition) is 6. The molecule has 1 atom stereocenters. The fourth-order valence-electron chi connectivity index (χ4n) is 3.32. The predicted octanol–water partition coefficient (Wildman–Crippen LogP) is 2.77. The van der Waals surface area contributed by atoms with Gasteiger partial charge in [-0.15, -0.1) is 22.7 Å². The number of aryl methyl sites for hydroxylation is 1. The zero-order valence-electron chi connectivity index (χ0n) is 15.3. The van der Waals surface area contributed by atoms with Crippen LogP contribution in [0.1, 0.15) is 25.0 Å². The van der Waals surface area contributed by atoms with Crippen molar-refractivity contribution in [3.05, 3.63) is 47.3 Å². The largest absolute Gasteiger partial charge is 0.349 e. The minimum Gasteiger partial charge on any atom is -0.349 e. The Bertz CT molecular complexity index is 920. The molecule has 7 nitrogen and oxygen atoms in total. The highest BCUT2D eigenvalue weighted by Crippen LogP contribution is 2.27. The Morgan fingerprint density at radius 2 is 2.25 bits per heavy atom. The van der Waals surface area contributed by atoms with Gasteiger partial charge in [0.2, 0.25) is 11.8 Å². The number of likely N-dealkylation sites (tertiary alicyclic amines) is 1. The van der Waals surface area contributed by atoms with Crippen LogP contribution in [0.15, 0.2) is 41.6 Å². The third kappa shape index (κ3) is 4.31. The van der Waals surface area contributed by atoms with Gasteiger partial charge in [0, 0.05) is 37.3 Å². The van der Waals surface area contributed by atoms with Gasteiger partial charge in [0.15, 0.2) is 0 Å². The zero-order valence-corrected chi connectivity index (χ0v) is 16.9. The van der Waals surface area contributed by atoms with Crippen LogP contribution in [0.3, 0.4) is 0 Å². The first-order valence-electron chi connectivity index (χ1n) is 9.22. The van der Waals surface area contributed by atoms with Crippen LogP contribution in [0.2, 0.25) is 0 Å². The minimum atomic E-state index is -0.384. The molecule has 4 rings (SSSR count). The molecule has 0 radical (unpaired) electrons. The van der Waals surface area contributed by atoms with Gasteiger partial charge in [-0.1, -0.05) is 6.07 Å². The van der Waals surface area contributed by atoms with Gasteiger partial charge in [-0.25, -0.2) is 9.97 Å². The molecule has 1 aliphatic heterocycles. The Labute approximate surface area is 171 Å². The van der Waals surface area contributed by atoms with Crippen molar-refractivity contribution < 1.29 is 9.59 Å². The summed E-state index contributed by atoms with van der Waals surface area (Å²) in [5, 5.41) is 7.92. The molecule has 1 N–H and O–H groups in total. The average Bonchev–Trinajstić information content (AvgIpc) is 3.50. The van der Waals surface area contributed by atoms with Gasteiger partial charge in [-0.05, 0) is 24.3 Å². The molecule has 1 saturated heterocycles. The number of imidazole rings is 1. The van der Waals surface area contributed by atoms with Crippen LogP contribution in [0.5, 0.6) is 0 Å². The van der Waals surface area contributed by atoms with E-state index in [0.717, 1.165) is 22.0 Å². The Kier molecular flexibility index (Phi) is 5.82. The van der Waals surface area contributed by atoms with E-state index in [1.165, 1.54) is 0 Å². The molecule has 0 saturated carbocycles. The van der Waals surface area contributed by atoms with Crippen LogP contribution < -0.4 is 5.32 Å². The lowest BCUT2D eigenvalue weighted by molar-refractivity contribution is -0.138. The van der Waals surface area contributed by atoms with E-state index in [-0.39, 0.29) is 17.9 Å². The first kappa shape index (κ1) is 18.8. The molecule has 3 aromatic rings. The molecule has 146 valence electrons.